The summed E-state index contributed by atoms with van der Waals surface area (Å²) >= 11 is 0. The Kier molecular flexibility index (Phi) is 8.34. The van der Waals surface area contributed by atoms with Gasteiger partial charge in [0, 0.05) is 6.61 Å². The number of aliphatic hydroxyl groups excluding tert-OH is 1. The molecule has 128 valence electrons. The molecule has 1 unspecified atom stereocenters. The molecule has 1 heteroatoms. The molecule has 0 heterocycles. The van der Waals surface area contributed by atoms with Crippen molar-refractivity contribution in [1.29, 1.82) is 0 Å². The van der Waals surface area contributed by atoms with Gasteiger partial charge in [0.1, 0.15) is 0 Å². The average molecular weight is 322 g/mol. The lowest BCUT2D eigenvalue weighted by Crippen LogP contribution is -2.07. The summed E-state index contributed by atoms with van der Waals surface area (Å²) in [6.45, 7) is 2.50. The van der Waals surface area contributed by atoms with Gasteiger partial charge in [-0.25, -0.2) is 0 Å². The van der Waals surface area contributed by atoms with E-state index in [-0.39, 0.29) is 6.61 Å². The SMILES string of the molecule is CCCCCCC(CO)CC(=Cc1ccccc1)c1ccccc1. The molecule has 0 fully saturated rings. The van der Waals surface area contributed by atoms with E-state index in [1.807, 2.05) is 6.07 Å². The zero-order chi connectivity index (χ0) is 17.0. The maximum Gasteiger partial charge on any atom is 0.0462 e. The Balaban J connectivity index is 2.12. The van der Waals surface area contributed by atoms with Gasteiger partial charge in [0.25, 0.3) is 0 Å². The molecule has 0 aromatic heterocycles. The van der Waals surface area contributed by atoms with Gasteiger partial charge in [0.15, 0.2) is 0 Å². The molecule has 0 saturated heterocycles. The fourth-order valence-corrected chi connectivity index (χ4v) is 3.09. The van der Waals surface area contributed by atoms with Crippen LogP contribution in [0.25, 0.3) is 11.6 Å². The van der Waals surface area contributed by atoms with E-state index < -0.39 is 0 Å². The van der Waals surface area contributed by atoms with Crippen molar-refractivity contribution < 1.29 is 5.11 Å². The van der Waals surface area contributed by atoms with Gasteiger partial charge in [-0.2, -0.15) is 0 Å². The van der Waals surface area contributed by atoms with Gasteiger partial charge in [-0.15, -0.1) is 0 Å². The fourth-order valence-electron chi connectivity index (χ4n) is 3.09. The van der Waals surface area contributed by atoms with Gasteiger partial charge in [-0.1, -0.05) is 99.3 Å². The molecule has 24 heavy (non-hydrogen) atoms. The number of rotatable bonds is 10. The van der Waals surface area contributed by atoms with Crippen LogP contribution in [0.15, 0.2) is 60.7 Å². The zero-order valence-electron chi connectivity index (χ0n) is 14.8. The maximum absolute atomic E-state index is 9.82. The molecule has 1 nitrogen and oxygen atoms in total. The monoisotopic (exact) mass is 322 g/mol. The summed E-state index contributed by atoms with van der Waals surface area (Å²) in [5.41, 5.74) is 3.80. The van der Waals surface area contributed by atoms with Crippen molar-refractivity contribution in [1.82, 2.24) is 0 Å². The number of benzene rings is 2. The Labute approximate surface area is 147 Å². The molecule has 0 aliphatic rings. The summed E-state index contributed by atoms with van der Waals surface area (Å²) in [5, 5.41) is 9.82. The lowest BCUT2D eigenvalue weighted by atomic mass is 9.89. The van der Waals surface area contributed by atoms with Crippen LogP contribution in [0.4, 0.5) is 0 Å². The van der Waals surface area contributed by atoms with Gasteiger partial charge in [0.05, 0.1) is 0 Å². The van der Waals surface area contributed by atoms with Crippen molar-refractivity contribution in [3.8, 4) is 0 Å². The van der Waals surface area contributed by atoms with E-state index in [4.69, 9.17) is 0 Å². The first-order chi connectivity index (χ1) is 11.8. The van der Waals surface area contributed by atoms with E-state index in [1.54, 1.807) is 0 Å². The maximum atomic E-state index is 9.82. The first-order valence-electron chi connectivity index (χ1n) is 9.25. The topological polar surface area (TPSA) is 20.2 Å². The molecular weight excluding hydrogens is 292 g/mol. The fraction of sp³-hybridized carbons (Fsp3) is 0.391. The van der Waals surface area contributed by atoms with Crippen LogP contribution < -0.4 is 0 Å². The molecule has 2 aromatic carbocycles. The van der Waals surface area contributed by atoms with Crippen LogP contribution in [0.1, 0.15) is 56.6 Å². The van der Waals surface area contributed by atoms with Gasteiger partial charge >= 0.3 is 0 Å². The molecule has 0 radical (unpaired) electrons. The van der Waals surface area contributed by atoms with Gasteiger partial charge in [-0.3, -0.25) is 0 Å². The molecule has 2 aromatic rings. The largest absolute Gasteiger partial charge is 0.396 e. The summed E-state index contributed by atoms with van der Waals surface area (Å²) in [7, 11) is 0. The van der Waals surface area contributed by atoms with Crippen LogP contribution >= 0.6 is 0 Å². The third-order valence-electron chi connectivity index (χ3n) is 4.52. The number of hydrogen-bond acceptors (Lipinski definition) is 1. The lowest BCUT2D eigenvalue weighted by Gasteiger charge is -2.17. The summed E-state index contributed by atoms with van der Waals surface area (Å²) in [6, 6.07) is 21.0. The summed E-state index contributed by atoms with van der Waals surface area (Å²) < 4.78 is 0. The van der Waals surface area contributed by atoms with Crippen molar-refractivity contribution in [2.75, 3.05) is 6.61 Å². The lowest BCUT2D eigenvalue weighted by molar-refractivity contribution is 0.218. The van der Waals surface area contributed by atoms with Crippen LogP contribution in [-0.4, -0.2) is 11.7 Å². The van der Waals surface area contributed by atoms with E-state index >= 15 is 0 Å². The van der Waals surface area contributed by atoms with Crippen LogP contribution in [0.2, 0.25) is 0 Å². The summed E-state index contributed by atoms with van der Waals surface area (Å²) in [4.78, 5) is 0. The molecule has 1 atom stereocenters. The minimum Gasteiger partial charge on any atom is -0.396 e. The summed E-state index contributed by atoms with van der Waals surface area (Å²) in [5.74, 6) is 0.344. The molecular formula is C23H30O. The first kappa shape index (κ1) is 18.5. The van der Waals surface area contributed by atoms with Crippen molar-refractivity contribution in [2.24, 2.45) is 5.92 Å². The number of hydrogen-bond donors (Lipinski definition) is 1. The highest BCUT2D eigenvalue weighted by molar-refractivity contribution is 5.81. The van der Waals surface area contributed by atoms with Crippen molar-refractivity contribution in [3.05, 3.63) is 71.8 Å². The van der Waals surface area contributed by atoms with Crippen molar-refractivity contribution >= 4 is 11.6 Å². The number of unbranched alkanes of at least 4 members (excludes halogenated alkanes) is 3. The predicted octanol–water partition coefficient (Wildman–Crippen LogP) is 6.20. The van der Waals surface area contributed by atoms with Crippen LogP contribution in [0.5, 0.6) is 0 Å². The van der Waals surface area contributed by atoms with Gasteiger partial charge in [0.2, 0.25) is 0 Å². The van der Waals surface area contributed by atoms with Crippen LogP contribution in [0, 0.1) is 5.92 Å². The highest BCUT2D eigenvalue weighted by Crippen LogP contribution is 2.28. The average Bonchev–Trinajstić information content (AvgIpc) is 2.65. The Morgan fingerprint density at radius 1 is 0.917 bits per heavy atom. The molecule has 2 rings (SSSR count). The Morgan fingerprint density at radius 3 is 2.21 bits per heavy atom. The third-order valence-corrected chi connectivity index (χ3v) is 4.52. The van der Waals surface area contributed by atoms with E-state index in [1.165, 1.54) is 42.4 Å². The van der Waals surface area contributed by atoms with Gasteiger partial charge in [-0.05, 0) is 35.5 Å². The van der Waals surface area contributed by atoms with E-state index in [9.17, 15) is 5.11 Å². The smallest absolute Gasteiger partial charge is 0.0462 e. The second kappa shape index (κ2) is 10.8. The second-order valence-corrected chi connectivity index (χ2v) is 6.55. The minimum absolute atomic E-state index is 0.269. The molecule has 0 spiro atoms. The first-order valence-corrected chi connectivity index (χ1v) is 9.25. The predicted molar refractivity (Wildman–Crippen MR) is 105 cm³/mol. The van der Waals surface area contributed by atoms with E-state index in [0.717, 1.165) is 12.8 Å². The normalized spacial score (nSPS) is 13.0. The molecule has 0 saturated carbocycles. The molecule has 0 amide bonds. The number of aliphatic hydroxyl groups is 1. The Hall–Kier alpha value is -1.86. The van der Waals surface area contributed by atoms with Crippen molar-refractivity contribution in [2.45, 2.75) is 45.4 Å². The third kappa shape index (κ3) is 6.33. The van der Waals surface area contributed by atoms with E-state index in [0.29, 0.717) is 5.92 Å². The molecule has 0 aliphatic carbocycles. The number of allylic oxidation sites excluding steroid dienone is 1. The highest BCUT2D eigenvalue weighted by atomic mass is 16.3. The minimum atomic E-state index is 0.269. The Morgan fingerprint density at radius 2 is 1.58 bits per heavy atom. The second-order valence-electron chi connectivity index (χ2n) is 6.55. The molecule has 1 N–H and O–H groups in total. The van der Waals surface area contributed by atoms with E-state index in [2.05, 4.69) is 67.6 Å². The molecule has 0 bridgehead atoms. The molecule has 0 aliphatic heterocycles. The Bertz CT molecular complexity index is 586. The zero-order valence-corrected chi connectivity index (χ0v) is 14.8. The van der Waals surface area contributed by atoms with Crippen LogP contribution in [-0.2, 0) is 0 Å². The van der Waals surface area contributed by atoms with Crippen molar-refractivity contribution in [3.63, 3.8) is 0 Å². The van der Waals surface area contributed by atoms with Crippen LogP contribution in [0.3, 0.4) is 0 Å². The highest BCUT2D eigenvalue weighted by Gasteiger charge is 2.12. The summed E-state index contributed by atoms with van der Waals surface area (Å²) in [6.07, 6.45) is 9.35. The standard InChI is InChI=1S/C23H30O/c1-2-3-4-7-14-21(19-24)18-23(22-15-10-6-11-16-22)17-20-12-8-5-9-13-20/h5-6,8-13,15-17,21,24H,2-4,7,14,18-19H2,1H3. The van der Waals surface area contributed by atoms with Gasteiger partial charge < -0.3 is 5.11 Å². The quantitative estimate of drug-likeness (QED) is 0.408.